The third-order valence-electron chi connectivity index (χ3n) is 3.80. The molecule has 0 spiro atoms. The summed E-state index contributed by atoms with van der Waals surface area (Å²) in [5, 5.41) is 0. The molecule has 0 unspecified atom stereocenters. The van der Waals surface area contributed by atoms with E-state index in [0.29, 0.717) is 23.8 Å². The number of ether oxygens (including phenoxy) is 2. The topological polar surface area (TPSA) is 64.8 Å². The predicted octanol–water partition coefficient (Wildman–Crippen LogP) is 2.31. The van der Waals surface area contributed by atoms with Gasteiger partial charge in [0.15, 0.2) is 0 Å². The molecule has 0 bridgehead atoms. The Morgan fingerprint density at radius 3 is 2.81 bits per heavy atom. The molecule has 1 aliphatic heterocycles. The van der Waals surface area contributed by atoms with Gasteiger partial charge in [-0.2, -0.15) is 0 Å². The Balaban J connectivity index is 2.14. The van der Waals surface area contributed by atoms with Crippen molar-refractivity contribution < 1.29 is 14.3 Å². The molecule has 5 heteroatoms. The smallest absolute Gasteiger partial charge is 0.340 e. The van der Waals surface area contributed by atoms with E-state index in [1.165, 1.54) is 0 Å². The number of nitrogens with two attached hydrogens (primary N) is 1. The molecule has 0 aliphatic carbocycles. The molecule has 1 aliphatic rings. The fourth-order valence-corrected chi connectivity index (χ4v) is 2.67. The van der Waals surface area contributed by atoms with Crippen molar-refractivity contribution in [1.29, 1.82) is 0 Å². The van der Waals surface area contributed by atoms with Crippen molar-refractivity contribution in [3.8, 4) is 0 Å². The molecule has 0 atom stereocenters. The summed E-state index contributed by atoms with van der Waals surface area (Å²) in [6.45, 7) is 4.71. The van der Waals surface area contributed by atoms with Crippen molar-refractivity contribution >= 4 is 17.3 Å². The van der Waals surface area contributed by atoms with E-state index in [4.69, 9.17) is 15.2 Å². The van der Waals surface area contributed by atoms with Gasteiger partial charge in [-0.1, -0.05) is 0 Å². The van der Waals surface area contributed by atoms with Crippen molar-refractivity contribution in [2.75, 3.05) is 44.0 Å². The molecule has 0 radical (unpaired) electrons. The average molecular weight is 292 g/mol. The minimum absolute atomic E-state index is 0.321. The summed E-state index contributed by atoms with van der Waals surface area (Å²) in [7, 11) is 2.00. The monoisotopic (exact) mass is 292 g/mol. The molecule has 1 aromatic rings. The molecule has 21 heavy (non-hydrogen) atoms. The molecule has 2 rings (SSSR count). The zero-order valence-electron chi connectivity index (χ0n) is 12.8. The van der Waals surface area contributed by atoms with Crippen LogP contribution in [0.15, 0.2) is 18.2 Å². The van der Waals surface area contributed by atoms with Crippen LogP contribution in [0, 0.1) is 5.92 Å². The summed E-state index contributed by atoms with van der Waals surface area (Å²) < 4.78 is 10.5. The minimum atomic E-state index is -0.321. The third-order valence-corrected chi connectivity index (χ3v) is 3.80. The maximum atomic E-state index is 12.1. The lowest BCUT2D eigenvalue weighted by Gasteiger charge is -2.29. The van der Waals surface area contributed by atoms with Crippen molar-refractivity contribution in [2.45, 2.75) is 19.8 Å². The van der Waals surface area contributed by atoms with E-state index in [1.807, 2.05) is 19.2 Å². The van der Waals surface area contributed by atoms with Crippen LogP contribution in [0.4, 0.5) is 11.4 Å². The molecule has 0 saturated carbocycles. The number of hydrogen-bond acceptors (Lipinski definition) is 5. The van der Waals surface area contributed by atoms with Gasteiger partial charge in [0.25, 0.3) is 0 Å². The zero-order valence-corrected chi connectivity index (χ0v) is 12.8. The number of esters is 1. The van der Waals surface area contributed by atoms with E-state index >= 15 is 0 Å². The molecule has 1 aromatic carbocycles. The summed E-state index contributed by atoms with van der Waals surface area (Å²) in [5.41, 5.74) is 7.78. The Morgan fingerprint density at radius 1 is 1.43 bits per heavy atom. The Kier molecular flexibility index (Phi) is 5.44. The molecule has 5 nitrogen and oxygen atoms in total. The maximum Gasteiger partial charge on any atom is 0.340 e. The number of carbonyl (C=O) groups excluding carboxylic acids is 1. The largest absolute Gasteiger partial charge is 0.462 e. The Labute approximate surface area is 126 Å². The van der Waals surface area contributed by atoms with Gasteiger partial charge in [0, 0.05) is 32.5 Å². The molecule has 1 heterocycles. The first-order valence-corrected chi connectivity index (χ1v) is 7.47. The Morgan fingerprint density at radius 2 is 2.14 bits per heavy atom. The van der Waals surface area contributed by atoms with Crippen LogP contribution in [-0.2, 0) is 9.47 Å². The van der Waals surface area contributed by atoms with Gasteiger partial charge < -0.3 is 20.1 Å². The van der Waals surface area contributed by atoms with Crippen molar-refractivity contribution in [3.05, 3.63) is 23.8 Å². The molecule has 0 aromatic heterocycles. The van der Waals surface area contributed by atoms with Gasteiger partial charge in [-0.25, -0.2) is 4.79 Å². The minimum Gasteiger partial charge on any atom is -0.462 e. The standard InChI is InChI=1S/C16H24N2O3/c1-3-21-16(19)14-10-13(17)4-5-15(14)18(2)11-12-6-8-20-9-7-12/h4-5,10,12H,3,6-9,11,17H2,1-2H3. The number of carbonyl (C=O) groups is 1. The lowest BCUT2D eigenvalue weighted by atomic mass is 9.99. The van der Waals surface area contributed by atoms with Gasteiger partial charge in [-0.05, 0) is 43.9 Å². The van der Waals surface area contributed by atoms with Crippen LogP contribution >= 0.6 is 0 Å². The van der Waals surface area contributed by atoms with Gasteiger partial charge in [0.2, 0.25) is 0 Å². The number of hydrogen-bond donors (Lipinski definition) is 1. The van der Waals surface area contributed by atoms with E-state index in [0.717, 1.165) is 38.3 Å². The number of nitrogen functional groups attached to an aromatic ring is 1. The van der Waals surface area contributed by atoms with Gasteiger partial charge >= 0.3 is 5.97 Å². The number of anilines is 2. The molecule has 1 saturated heterocycles. The molecular formula is C16H24N2O3. The van der Waals surface area contributed by atoms with Crippen molar-refractivity contribution in [3.63, 3.8) is 0 Å². The summed E-state index contributed by atoms with van der Waals surface area (Å²) >= 11 is 0. The first-order chi connectivity index (χ1) is 10.1. The van der Waals surface area contributed by atoms with Crippen LogP contribution in [-0.4, -0.2) is 39.4 Å². The Bertz CT molecular complexity index is 484. The number of benzene rings is 1. The van der Waals surface area contributed by atoms with Gasteiger partial charge in [0.05, 0.1) is 17.9 Å². The summed E-state index contributed by atoms with van der Waals surface area (Å²) in [5.74, 6) is 0.273. The van der Waals surface area contributed by atoms with Crippen LogP contribution in [0.1, 0.15) is 30.1 Å². The fourth-order valence-electron chi connectivity index (χ4n) is 2.67. The van der Waals surface area contributed by atoms with E-state index in [2.05, 4.69) is 4.90 Å². The predicted molar refractivity (Wildman–Crippen MR) is 83.6 cm³/mol. The summed E-state index contributed by atoms with van der Waals surface area (Å²) in [6, 6.07) is 5.40. The summed E-state index contributed by atoms with van der Waals surface area (Å²) in [6.07, 6.45) is 2.13. The molecular weight excluding hydrogens is 268 g/mol. The second-order valence-corrected chi connectivity index (χ2v) is 5.43. The first kappa shape index (κ1) is 15.6. The maximum absolute atomic E-state index is 12.1. The highest BCUT2D eigenvalue weighted by atomic mass is 16.5. The third kappa shape index (κ3) is 4.11. The lowest BCUT2D eigenvalue weighted by molar-refractivity contribution is 0.0526. The van der Waals surface area contributed by atoms with Crippen LogP contribution in [0.25, 0.3) is 0 Å². The SMILES string of the molecule is CCOC(=O)c1cc(N)ccc1N(C)CC1CCOCC1. The normalized spacial score (nSPS) is 15.7. The van der Waals surface area contributed by atoms with Crippen LogP contribution < -0.4 is 10.6 Å². The van der Waals surface area contributed by atoms with Crippen LogP contribution in [0.2, 0.25) is 0 Å². The number of nitrogens with zero attached hydrogens (tertiary/aromatic N) is 1. The van der Waals surface area contributed by atoms with Crippen molar-refractivity contribution in [2.24, 2.45) is 5.92 Å². The first-order valence-electron chi connectivity index (χ1n) is 7.47. The quantitative estimate of drug-likeness (QED) is 0.666. The fraction of sp³-hybridized carbons (Fsp3) is 0.562. The zero-order chi connectivity index (χ0) is 15.2. The second-order valence-electron chi connectivity index (χ2n) is 5.43. The second kappa shape index (κ2) is 7.31. The number of rotatable bonds is 5. The van der Waals surface area contributed by atoms with Crippen LogP contribution in [0.3, 0.4) is 0 Å². The Hall–Kier alpha value is -1.75. The van der Waals surface area contributed by atoms with E-state index < -0.39 is 0 Å². The molecule has 2 N–H and O–H groups in total. The average Bonchev–Trinajstić information content (AvgIpc) is 2.48. The van der Waals surface area contributed by atoms with E-state index in [1.54, 1.807) is 13.0 Å². The van der Waals surface area contributed by atoms with Crippen LogP contribution in [0.5, 0.6) is 0 Å². The van der Waals surface area contributed by atoms with Gasteiger partial charge in [-0.3, -0.25) is 0 Å². The highest BCUT2D eigenvalue weighted by molar-refractivity contribution is 5.97. The summed E-state index contributed by atoms with van der Waals surface area (Å²) in [4.78, 5) is 14.2. The molecule has 0 amide bonds. The van der Waals surface area contributed by atoms with Gasteiger partial charge in [-0.15, -0.1) is 0 Å². The van der Waals surface area contributed by atoms with E-state index in [-0.39, 0.29) is 5.97 Å². The van der Waals surface area contributed by atoms with E-state index in [9.17, 15) is 4.79 Å². The highest BCUT2D eigenvalue weighted by Gasteiger charge is 2.20. The lowest BCUT2D eigenvalue weighted by Crippen LogP contribution is -2.30. The van der Waals surface area contributed by atoms with Gasteiger partial charge in [0.1, 0.15) is 0 Å². The molecule has 116 valence electrons. The van der Waals surface area contributed by atoms with Crippen molar-refractivity contribution in [1.82, 2.24) is 0 Å². The highest BCUT2D eigenvalue weighted by Crippen LogP contribution is 2.26. The molecule has 1 fully saturated rings.